The monoisotopic (exact) mass is 1010 g/mol. The van der Waals surface area contributed by atoms with Crippen LogP contribution in [0, 0.1) is 29.1 Å². The minimum Gasteiger partial charge on any atom is -0.467 e. The molecule has 4 heterocycles. The third kappa shape index (κ3) is 14.6. The van der Waals surface area contributed by atoms with E-state index in [1.54, 1.807) is 30.3 Å². The zero-order chi connectivity index (χ0) is 52.9. The smallest absolute Gasteiger partial charge is 0.298 e. The summed E-state index contributed by atoms with van der Waals surface area (Å²) in [4.78, 5) is 80.5. The minimum atomic E-state index is -0.895. The van der Waals surface area contributed by atoms with Gasteiger partial charge in [0.15, 0.2) is 0 Å². The zero-order valence-corrected chi connectivity index (χ0v) is 45.8. The molecule has 3 amide bonds. The first-order valence-electron chi connectivity index (χ1n) is 25.3. The lowest BCUT2D eigenvalue weighted by atomic mass is 9.84. The Hall–Kier alpha value is -5.51. The Labute approximate surface area is 431 Å². The first-order chi connectivity index (χ1) is 34.2. The van der Waals surface area contributed by atoms with Crippen LogP contribution in [0.15, 0.2) is 41.9 Å². The molecule has 1 aliphatic rings. The van der Waals surface area contributed by atoms with Crippen LogP contribution in [-0.2, 0) is 52.8 Å². The predicted octanol–water partition coefficient (Wildman–Crippen LogP) is 6.80. The summed E-state index contributed by atoms with van der Waals surface area (Å²) in [6, 6.07) is 8.92. The summed E-state index contributed by atoms with van der Waals surface area (Å²) in [6.07, 6.45) is 5.99. The number of methoxy groups -OCH3 is 1. The maximum absolute atomic E-state index is 14.4. The van der Waals surface area contributed by atoms with Crippen molar-refractivity contribution < 1.29 is 33.4 Å². The molecular formula is C55H79N9O7S. The first kappa shape index (κ1) is 57.4. The maximum Gasteiger partial charge on any atom is 0.298 e. The van der Waals surface area contributed by atoms with Crippen LogP contribution in [-0.4, -0.2) is 150 Å². The van der Waals surface area contributed by atoms with Gasteiger partial charge in [0.1, 0.15) is 12.3 Å². The number of carbonyl (C=O) groups excluding carboxylic acids is 5. The number of thiazole rings is 1. The number of rotatable bonds is 25. The number of carbonyl (C=O) groups is 5. The molecule has 4 aromatic rings. The summed E-state index contributed by atoms with van der Waals surface area (Å²) in [7, 11) is 9.06. The van der Waals surface area contributed by atoms with Crippen molar-refractivity contribution in [1.82, 2.24) is 45.0 Å². The van der Waals surface area contributed by atoms with E-state index in [1.165, 1.54) is 11.3 Å². The van der Waals surface area contributed by atoms with E-state index in [-0.39, 0.29) is 48.7 Å². The zero-order valence-electron chi connectivity index (χ0n) is 45.0. The average Bonchev–Trinajstić information content (AvgIpc) is 3.95. The lowest BCUT2D eigenvalue weighted by Crippen LogP contribution is -2.59. The quantitative estimate of drug-likeness (QED) is 0.0527. The molecule has 1 saturated heterocycles. The molecule has 3 aromatic heterocycles. The molecular weight excluding hydrogens is 931 g/mol. The Morgan fingerprint density at radius 3 is 2.40 bits per heavy atom. The van der Waals surface area contributed by atoms with Crippen molar-refractivity contribution in [3.63, 3.8) is 0 Å². The van der Waals surface area contributed by atoms with Crippen molar-refractivity contribution >= 4 is 52.7 Å². The molecule has 16 nitrogen and oxygen atoms in total. The number of nitrogens with zero attached hydrogens (tertiary/aromatic N) is 7. The maximum atomic E-state index is 14.4. The van der Waals surface area contributed by atoms with E-state index in [9.17, 15) is 24.0 Å². The van der Waals surface area contributed by atoms with E-state index in [1.807, 2.05) is 77.0 Å². The number of pyridine rings is 1. The fourth-order valence-corrected chi connectivity index (χ4v) is 10.0. The number of aromatic nitrogens is 3. The van der Waals surface area contributed by atoms with Gasteiger partial charge in [-0.2, -0.15) is 0 Å². The number of likely N-dealkylation sites (N-methyl/N-ethyl adjacent to an activating group) is 1. The number of benzene rings is 1. The Morgan fingerprint density at radius 2 is 1.76 bits per heavy atom. The average molecular weight is 1010 g/mol. The molecule has 72 heavy (non-hydrogen) atoms. The van der Waals surface area contributed by atoms with Crippen LogP contribution < -0.4 is 10.7 Å². The molecule has 2 N–H and O–H groups in total. The number of ether oxygens (including phenoxy) is 2. The van der Waals surface area contributed by atoms with Crippen LogP contribution in [0.25, 0.3) is 33.4 Å². The van der Waals surface area contributed by atoms with Crippen molar-refractivity contribution in [1.29, 1.82) is 0 Å². The third-order valence-corrected chi connectivity index (χ3v) is 14.8. The molecule has 392 valence electrons. The predicted molar refractivity (Wildman–Crippen MR) is 285 cm³/mol. The van der Waals surface area contributed by atoms with Gasteiger partial charge in [0.25, 0.3) is 18.3 Å². The minimum absolute atomic E-state index is 0.118. The number of hydrogen-bond donors (Lipinski definition) is 2. The standard InChI is InChI=1S/C55H79N9O7S/c1-14-63-46-20-19-40(30-42(46)43(32-54(5,6)35-71-36-66)51(63)41-18-17-25-56-49(41)38(4)70-13)45-34-72-47(58-45)31-44(53(69)64-27-16-15-26-57-64)59-52(68)50(37(2)3)62(12)29-23-39(33-65)22-28-61(11)48(67)21-24-55(7,8)60(9)10/h17-20,25,30,33-34,36-39,44,50,57H,14-16,22-23,26-29,31-32,35H2,1-13H3,(H,59,68). The number of aldehydes is 1. The fraction of sp³-hybridized carbons (Fsp3) is 0.582. The van der Waals surface area contributed by atoms with Gasteiger partial charge in [-0.25, -0.2) is 10.4 Å². The lowest BCUT2D eigenvalue weighted by molar-refractivity contribution is -0.141. The van der Waals surface area contributed by atoms with Crippen molar-refractivity contribution in [2.24, 2.45) is 17.3 Å². The molecule has 17 heteroatoms. The summed E-state index contributed by atoms with van der Waals surface area (Å²) >= 11 is 1.45. The number of aryl methyl sites for hydroxylation is 1. The van der Waals surface area contributed by atoms with Gasteiger partial charge in [0, 0.05) is 91.7 Å². The second kappa shape index (κ2) is 25.9. The second-order valence-corrected chi connectivity index (χ2v) is 21.9. The molecule has 4 unspecified atom stereocenters. The molecule has 5 rings (SSSR count). The van der Waals surface area contributed by atoms with Crippen LogP contribution in [0.4, 0.5) is 0 Å². The Balaban J connectivity index is 1.40. The third-order valence-electron chi connectivity index (χ3n) is 13.9. The van der Waals surface area contributed by atoms with Crippen LogP contribution in [0.1, 0.15) is 103 Å². The highest BCUT2D eigenvalue weighted by Gasteiger charge is 2.34. The highest BCUT2D eigenvalue weighted by molar-refractivity contribution is 7.10. The molecule has 0 spiro atoms. The lowest BCUT2D eigenvalue weighted by Gasteiger charge is -2.34. The second-order valence-electron chi connectivity index (χ2n) is 20.9. The summed E-state index contributed by atoms with van der Waals surface area (Å²) in [5.74, 6) is 4.51. The Bertz CT molecular complexity index is 2550. The first-order valence-corrected chi connectivity index (χ1v) is 26.1. The normalized spacial score (nSPS) is 15.0. The van der Waals surface area contributed by atoms with Crippen LogP contribution in [0.2, 0.25) is 0 Å². The number of nitrogens with one attached hydrogen (secondary N) is 2. The van der Waals surface area contributed by atoms with E-state index in [0.717, 1.165) is 63.8 Å². The topological polar surface area (TPSA) is 172 Å². The number of amides is 3. The molecule has 4 atom stereocenters. The van der Waals surface area contributed by atoms with E-state index in [2.05, 4.69) is 72.2 Å². The molecule has 1 fully saturated rings. The van der Waals surface area contributed by atoms with Gasteiger partial charge in [0.05, 0.1) is 46.4 Å². The van der Waals surface area contributed by atoms with Crippen LogP contribution in [0.5, 0.6) is 0 Å². The molecule has 0 saturated carbocycles. The van der Waals surface area contributed by atoms with Gasteiger partial charge in [-0.15, -0.1) is 11.3 Å². The van der Waals surface area contributed by atoms with Gasteiger partial charge < -0.3 is 29.1 Å². The van der Waals surface area contributed by atoms with E-state index >= 15 is 0 Å². The van der Waals surface area contributed by atoms with Gasteiger partial charge in [0.2, 0.25) is 5.91 Å². The van der Waals surface area contributed by atoms with Gasteiger partial charge in [-0.05, 0) is 129 Å². The molecule has 1 aromatic carbocycles. The SMILES string of the molecule is CCn1c(-c2cccnc2C(C)OC)c(CC(C)(C)COC=O)c2cc(-c3csc(CC(NC(=O)C(C(C)C)N(C)CCC(C=O)CCN(C)C(=O)C#CC(C)(C)N(C)C)C(=O)N4CCCCN4)n3)ccc21. The van der Waals surface area contributed by atoms with E-state index in [4.69, 9.17) is 19.4 Å². The summed E-state index contributed by atoms with van der Waals surface area (Å²) in [5.41, 5.74) is 9.01. The van der Waals surface area contributed by atoms with Crippen molar-refractivity contribution in [2.45, 2.75) is 124 Å². The molecule has 0 radical (unpaired) electrons. The number of hydrazine groups is 1. The van der Waals surface area contributed by atoms with Crippen molar-refractivity contribution in [3.8, 4) is 34.4 Å². The van der Waals surface area contributed by atoms with Crippen molar-refractivity contribution in [3.05, 3.63) is 58.2 Å². The summed E-state index contributed by atoms with van der Waals surface area (Å²) in [5, 5.41) is 8.52. The van der Waals surface area contributed by atoms with Gasteiger partial charge >= 0.3 is 0 Å². The van der Waals surface area contributed by atoms with Crippen LogP contribution in [0.3, 0.4) is 0 Å². The molecule has 1 aliphatic heterocycles. The van der Waals surface area contributed by atoms with Gasteiger partial charge in [-0.3, -0.25) is 39.0 Å². The summed E-state index contributed by atoms with van der Waals surface area (Å²) in [6.45, 7) is 19.6. The summed E-state index contributed by atoms with van der Waals surface area (Å²) < 4.78 is 13.4. The number of hydrogen-bond acceptors (Lipinski definition) is 13. The highest BCUT2D eigenvalue weighted by atomic mass is 32.1. The molecule has 0 bridgehead atoms. The highest BCUT2D eigenvalue weighted by Crippen LogP contribution is 2.42. The van der Waals surface area contributed by atoms with Crippen molar-refractivity contribution in [2.75, 3.05) is 68.1 Å². The Morgan fingerprint density at radius 1 is 1.03 bits per heavy atom. The van der Waals surface area contributed by atoms with E-state index in [0.29, 0.717) is 63.5 Å². The van der Waals surface area contributed by atoms with E-state index < -0.39 is 23.0 Å². The van der Waals surface area contributed by atoms with Gasteiger partial charge in [-0.1, -0.05) is 39.7 Å². The number of fused-ring (bicyclic) bond motifs is 1. The largest absolute Gasteiger partial charge is 0.467 e. The van der Waals surface area contributed by atoms with Crippen LogP contribution >= 0.6 is 11.3 Å². The fourth-order valence-electron chi connectivity index (χ4n) is 9.15. The molecule has 0 aliphatic carbocycles. The Kier molecular flexibility index (Phi) is 20.7.